The maximum absolute atomic E-state index is 13.3. The molecule has 2 atom stereocenters. The Balaban J connectivity index is 1.43. The van der Waals surface area contributed by atoms with E-state index in [2.05, 4.69) is 15.1 Å². The number of rotatable bonds is 3. The average molecular weight is 380 g/mol. The maximum Gasteiger partial charge on any atom is 0.274 e. The molecule has 3 aliphatic rings. The molecule has 1 aliphatic carbocycles. The van der Waals surface area contributed by atoms with Crippen LogP contribution in [0.15, 0.2) is 30.3 Å². The second-order valence-corrected chi connectivity index (χ2v) is 8.43. The van der Waals surface area contributed by atoms with Gasteiger partial charge in [-0.1, -0.05) is 30.3 Å². The zero-order valence-electron chi connectivity index (χ0n) is 16.2. The number of aliphatic hydroxyl groups is 1. The van der Waals surface area contributed by atoms with Crippen LogP contribution in [0.4, 0.5) is 0 Å². The fourth-order valence-corrected chi connectivity index (χ4v) is 5.29. The quantitative estimate of drug-likeness (QED) is 0.855. The number of aryl methyl sites for hydroxylation is 1. The third-order valence-corrected chi connectivity index (χ3v) is 6.86. The molecule has 1 aromatic heterocycles. The summed E-state index contributed by atoms with van der Waals surface area (Å²) < 4.78 is 0. The number of amides is 1. The van der Waals surface area contributed by atoms with Gasteiger partial charge >= 0.3 is 0 Å². The SMILES string of the molecule is O=C(c1n[nH]c2c1CCC2)N1CC[C@](O)(c2ccccc2)[C@H](N2CCCC2)C1. The van der Waals surface area contributed by atoms with E-state index in [1.54, 1.807) is 0 Å². The van der Waals surface area contributed by atoms with Gasteiger partial charge in [0, 0.05) is 24.3 Å². The molecule has 1 amide bonds. The minimum atomic E-state index is -0.921. The molecule has 5 rings (SSSR count). The Labute approximate surface area is 165 Å². The smallest absolute Gasteiger partial charge is 0.274 e. The van der Waals surface area contributed by atoms with Crippen molar-refractivity contribution in [2.45, 2.75) is 50.2 Å². The number of benzene rings is 1. The number of aromatic nitrogens is 2. The Morgan fingerprint density at radius 2 is 1.89 bits per heavy atom. The summed E-state index contributed by atoms with van der Waals surface area (Å²) in [5, 5.41) is 19.1. The van der Waals surface area contributed by atoms with Crippen molar-refractivity contribution in [3.63, 3.8) is 0 Å². The first kappa shape index (κ1) is 17.9. The Bertz CT molecular complexity index is 859. The number of hydrogen-bond donors (Lipinski definition) is 2. The highest BCUT2D eigenvalue weighted by atomic mass is 16.3. The van der Waals surface area contributed by atoms with Gasteiger partial charge in [0.1, 0.15) is 5.60 Å². The molecule has 28 heavy (non-hydrogen) atoms. The average Bonchev–Trinajstić information content (AvgIpc) is 3.47. The third-order valence-electron chi connectivity index (χ3n) is 6.86. The number of likely N-dealkylation sites (tertiary alicyclic amines) is 2. The van der Waals surface area contributed by atoms with E-state index in [1.807, 2.05) is 35.2 Å². The molecule has 6 heteroatoms. The van der Waals surface area contributed by atoms with Gasteiger partial charge in [-0.05, 0) is 57.2 Å². The van der Waals surface area contributed by atoms with Gasteiger partial charge in [-0.2, -0.15) is 5.10 Å². The van der Waals surface area contributed by atoms with E-state index in [0.29, 0.717) is 25.2 Å². The highest BCUT2D eigenvalue weighted by molar-refractivity contribution is 5.94. The lowest BCUT2D eigenvalue weighted by Crippen LogP contribution is -2.61. The van der Waals surface area contributed by atoms with Crippen molar-refractivity contribution in [3.8, 4) is 0 Å². The molecule has 0 radical (unpaired) electrons. The van der Waals surface area contributed by atoms with Crippen LogP contribution in [-0.4, -0.2) is 63.2 Å². The van der Waals surface area contributed by atoms with Gasteiger partial charge in [-0.15, -0.1) is 0 Å². The zero-order valence-corrected chi connectivity index (χ0v) is 16.2. The number of aromatic amines is 1. The zero-order chi connectivity index (χ0) is 19.1. The molecule has 0 saturated carbocycles. The Morgan fingerprint density at radius 1 is 1.11 bits per heavy atom. The molecule has 0 unspecified atom stereocenters. The lowest BCUT2D eigenvalue weighted by atomic mass is 9.79. The summed E-state index contributed by atoms with van der Waals surface area (Å²) in [4.78, 5) is 17.6. The molecule has 3 heterocycles. The highest BCUT2D eigenvalue weighted by Gasteiger charge is 2.47. The lowest BCUT2D eigenvalue weighted by molar-refractivity contribution is -0.0878. The molecule has 1 aromatic carbocycles. The highest BCUT2D eigenvalue weighted by Crippen LogP contribution is 2.38. The van der Waals surface area contributed by atoms with Crippen LogP contribution >= 0.6 is 0 Å². The van der Waals surface area contributed by atoms with Crippen LogP contribution in [0.2, 0.25) is 0 Å². The van der Waals surface area contributed by atoms with E-state index in [0.717, 1.165) is 62.0 Å². The van der Waals surface area contributed by atoms with Gasteiger partial charge in [0.15, 0.2) is 5.69 Å². The maximum atomic E-state index is 13.3. The van der Waals surface area contributed by atoms with Gasteiger partial charge in [0.2, 0.25) is 0 Å². The monoisotopic (exact) mass is 380 g/mol. The van der Waals surface area contributed by atoms with Gasteiger partial charge in [0.25, 0.3) is 5.91 Å². The number of carbonyl (C=O) groups is 1. The fraction of sp³-hybridized carbons (Fsp3) is 0.545. The van der Waals surface area contributed by atoms with Crippen LogP contribution in [0.3, 0.4) is 0 Å². The normalized spacial score (nSPS) is 27.9. The summed E-state index contributed by atoms with van der Waals surface area (Å²) in [5.74, 6) is 0.0127. The topological polar surface area (TPSA) is 72.5 Å². The molecule has 2 aliphatic heterocycles. The van der Waals surface area contributed by atoms with Crippen molar-refractivity contribution >= 4 is 5.91 Å². The van der Waals surface area contributed by atoms with Crippen molar-refractivity contribution in [2.75, 3.05) is 26.2 Å². The third kappa shape index (κ3) is 2.86. The number of fused-ring (bicyclic) bond motifs is 1. The van der Waals surface area contributed by atoms with Crippen LogP contribution < -0.4 is 0 Å². The van der Waals surface area contributed by atoms with E-state index < -0.39 is 5.60 Å². The van der Waals surface area contributed by atoms with Crippen molar-refractivity contribution < 1.29 is 9.90 Å². The number of nitrogens with one attached hydrogen (secondary N) is 1. The molecular weight excluding hydrogens is 352 g/mol. The van der Waals surface area contributed by atoms with E-state index in [-0.39, 0.29) is 11.9 Å². The van der Waals surface area contributed by atoms with E-state index >= 15 is 0 Å². The molecule has 2 fully saturated rings. The van der Waals surface area contributed by atoms with Crippen LogP contribution in [0, 0.1) is 0 Å². The summed E-state index contributed by atoms with van der Waals surface area (Å²) in [6.07, 6.45) is 5.87. The second-order valence-electron chi connectivity index (χ2n) is 8.43. The largest absolute Gasteiger partial charge is 0.383 e. The fourth-order valence-electron chi connectivity index (χ4n) is 5.29. The standard InChI is InChI=1S/C22H28N4O2/c27-21(20-17-9-6-10-18(17)23-24-20)26-14-11-22(28,16-7-2-1-3-8-16)19(15-26)25-12-4-5-13-25/h1-3,7-8,19,28H,4-6,9-15H2,(H,23,24)/t19-,22+/m1/s1. The summed E-state index contributed by atoms with van der Waals surface area (Å²) >= 11 is 0. The van der Waals surface area contributed by atoms with Crippen molar-refractivity contribution in [3.05, 3.63) is 52.8 Å². The molecule has 0 bridgehead atoms. The van der Waals surface area contributed by atoms with Gasteiger partial charge in [-0.3, -0.25) is 14.8 Å². The number of hydrogen-bond acceptors (Lipinski definition) is 4. The molecule has 2 aromatic rings. The molecular formula is C22H28N4O2. The van der Waals surface area contributed by atoms with E-state index in [9.17, 15) is 9.90 Å². The Morgan fingerprint density at radius 3 is 2.68 bits per heavy atom. The van der Waals surface area contributed by atoms with Crippen molar-refractivity contribution in [1.29, 1.82) is 0 Å². The predicted molar refractivity (Wildman–Crippen MR) is 106 cm³/mol. The van der Waals surface area contributed by atoms with Crippen LogP contribution in [0.25, 0.3) is 0 Å². The molecule has 2 saturated heterocycles. The minimum absolute atomic E-state index is 0.0127. The first-order valence-electron chi connectivity index (χ1n) is 10.5. The van der Waals surface area contributed by atoms with Crippen molar-refractivity contribution in [2.24, 2.45) is 0 Å². The van der Waals surface area contributed by atoms with Gasteiger partial charge in [0.05, 0.1) is 6.04 Å². The number of nitrogens with zero attached hydrogens (tertiary/aromatic N) is 3. The van der Waals surface area contributed by atoms with Crippen molar-refractivity contribution in [1.82, 2.24) is 20.0 Å². The Hall–Kier alpha value is -2.18. The molecule has 6 nitrogen and oxygen atoms in total. The summed E-state index contributed by atoms with van der Waals surface area (Å²) in [6.45, 7) is 3.07. The van der Waals surface area contributed by atoms with Crippen LogP contribution in [-0.2, 0) is 18.4 Å². The van der Waals surface area contributed by atoms with Crippen LogP contribution in [0.1, 0.15) is 53.0 Å². The summed E-state index contributed by atoms with van der Waals surface area (Å²) in [7, 11) is 0. The molecule has 0 spiro atoms. The number of carbonyl (C=O) groups excluding carboxylic acids is 1. The first-order valence-corrected chi connectivity index (χ1v) is 10.5. The molecule has 2 N–H and O–H groups in total. The summed E-state index contributed by atoms with van der Waals surface area (Å²) in [5.41, 5.74) is 2.86. The molecule has 148 valence electrons. The summed E-state index contributed by atoms with van der Waals surface area (Å²) in [6, 6.07) is 9.90. The second kappa shape index (κ2) is 7.01. The lowest BCUT2D eigenvalue weighted by Gasteiger charge is -2.48. The predicted octanol–water partition coefficient (Wildman–Crippen LogP) is 2.10. The number of piperidine rings is 1. The Kier molecular flexibility index (Phi) is 4.48. The minimum Gasteiger partial charge on any atom is -0.383 e. The van der Waals surface area contributed by atoms with E-state index in [4.69, 9.17) is 0 Å². The van der Waals surface area contributed by atoms with Gasteiger partial charge < -0.3 is 10.0 Å². The van der Waals surface area contributed by atoms with Gasteiger partial charge in [-0.25, -0.2) is 0 Å². The number of H-pyrrole nitrogens is 1. The van der Waals surface area contributed by atoms with Crippen LogP contribution in [0.5, 0.6) is 0 Å². The first-order chi connectivity index (χ1) is 13.7. The van der Waals surface area contributed by atoms with E-state index in [1.165, 1.54) is 0 Å².